The zero-order valence-corrected chi connectivity index (χ0v) is 44.5. The molecule has 4 amide bonds. The highest BCUT2D eigenvalue weighted by Crippen LogP contribution is 2.39. The van der Waals surface area contributed by atoms with Gasteiger partial charge in [0.1, 0.15) is 30.0 Å². The summed E-state index contributed by atoms with van der Waals surface area (Å²) < 4.78 is 18.7. The minimum atomic E-state index is -2.58. The smallest absolute Gasteiger partial charge is 0.246 e. The number of amides is 4. The minimum Gasteiger partial charge on any atom is -0.494 e. The van der Waals surface area contributed by atoms with E-state index in [4.69, 9.17) is 16.3 Å². The molecule has 2 aliphatic rings. The molecule has 0 radical (unpaired) electrons. The number of ether oxygens (including phenoxy) is 1. The Morgan fingerprint density at radius 1 is 0.931 bits per heavy atom. The summed E-state index contributed by atoms with van der Waals surface area (Å²) in [6, 6.07) is 19.2. The number of methoxy groups -OCH3 is 1. The second-order valence-electron chi connectivity index (χ2n) is 19.8. The zero-order chi connectivity index (χ0) is 51.7. The van der Waals surface area contributed by atoms with Gasteiger partial charge in [0.05, 0.1) is 46.9 Å². The van der Waals surface area contributed by atoms with Crippen molar-refractivity contribution < 1.29 is 33.6 Å². The maximum atomic E-state index is 14.1. The lowest BCUT2D eigenvalue weighted by atomic mass is 9.85. The molecule has 0 spiro atoms. The first-order valence-electron chi connectivity index (χ1n) is 24.3. The topological polar surface area (TPSA) is 211 Å². The first kappa shape index (κ1) is 53.7. The summed E-state index contributed by atoms with van der Waals surface area (Å²) in [7, 11) is -0.994. The lowest BCUT2D eigenvalue weighted by Crippen LogP contribution is -2.57. The summed E-state index contributed by atoms with van der Waals surface area (Å²) in [5.41, 5.74) is 6.29. The van der Waals surface area contributed by atoms with Crippen LogP contribution in [0.1, 0.15) is 70.6 Å². The summed E-state index contributed by atoms with van der Waals surface area (Å²) in [6.45, 7) is 13.6. The van der Waals surface area contributed by atoms with Gasteiger partial charge in [0.25, 0.3) is 0 Å². The molecular weight excluding hydrogens is 975 g/mol. The highest BCUT2D eigenvalue weighted by atomic mass is 35.5. The normalized spacial score (nSPS) is 16.5. The molecule has 5 aromatic rings. The summed E-state index contributed by atoms with van der Waals surface area (Å²) in [5, 5.41) is 23.9. The number of nitrogens with one attached hydrogen (secondary N) is 4. The number of aliphatic hydroxyl groups is 1. The van der Waals surface area contributed by atoms with Crippen molar-refractivity contribution in [1.82, 2.24) is 35.4 Å². The number of thiazole rings is 1. The first-order valence-corrected chi connectivity index (χ1v) is 28.1. The van der Waals surface area contributed by atoms with Gasteiger partial charge in [-0.1, -0.05) is 75.2 Å². The second-order valence-corrected chi connectivity index (χ2v) is 24.2. The number of piperazine rings is 1. The van der Waals surface area contributed by atoms with Crippen molar-refractivity contribution in [2.24, 2.45) is 5.41 Å². The van der Waals surface area contributed by atoms with Crippen molar-refractivity contribution in [2.75, 3.05) is 68.7 Å². The Labute approximate surface area is 430 Å². The molecule has 0 bridgehead atoms. The Kier molecular flexibility index (Phi) is 17.6. The summed E-state index contributed by atoms with van der Waals surface area (Å²) >= 11 is 8.04. The number of rotatable bonds is 19. The van der Waals surface area contributed by atoms with Crippen molar-refractivity contribution in [3.8, 4) is 16.2 Å². The van der Waals surface area contributed by atoms with E-state index in [1.807, 2.05) is 105 Å². The van der Waals surface area contributed by atoms with Crippen molar-refractivity contribution in [1.29, 1.82) is 0 Å². The third-order valence-electron chi connectivity index (χ3n) is 12.9. The fraction of sp³-hybridized carbons (Fsp3) is 0.442. The largest absolute Gasteiger partial charge is 0.494 e. The van der Waals surface area contributed by atoms with Gasteiger partial charge in [-0.25, -0.2) is 9.97 Å². The number of β-amino-alcohol motifs (C(OH)–C–C–N with tert-alkyl or cyclic N) is 1. The third-order valence-corrected chi connectivity index (χ3v) is 15.7. The summed E-state index contributed by atoms with van der Waals surface area (Å²) in [6.07, 6.45) is 3.11. The van der Waals surface area contributed by atoms with Crippen LogP contribution >= 0.6 is 30.1 Å². The van der Waals surface area contributed by atoms with E-state index >= 15 is 0 Å². The number of aromatic nitrogens is 3. The highest BCUT2D eigenvalue weighted by molar-refractivity contribution is 7.70. The van der Waals surface area contributed by atoms with Gasteiger partial charge in [0.2, 0.25) is 29.6 Å². The van der Waals surface area contributed by atoms with Crippen LogP contribution in [0.5, 0.6) is 5.75 Å². The van der Waals surface area contributed by atoms with Gasteiger partial charge in [-0.2, -0.15) is 4.98 Å². The van der Waals surface area contributed by atoms with E-state index in [-0.39, 0.29) is 49.6 Å². The van der Waals surface area contributed by atoms with Gasteiger partial charge < -0.3 is 50.4 Å². The number of carbonyl (C=O) groups excluding carboxylic acids is 4. The molecule has 0 saturated carbocycles. The second kappa shape index (κ2) is 23.6. The molecule has 2 saturated heterocycles. The van der Waals surface area contributed by atoms with Crippen LogP contribution in [0.2, 0.25) is 5.02 Å². The third kappa shape index (κ3) is 13.7. The number of likely N-dealkylation sites (tertiary alicyclic amines) is 1. The number of aryl methyl sites for hydroxylation is 1. The maximum absolute atomic E-state index is 14.1. The predicted octanol–water partition coefficient (Wildman–Crippen LogP) is 7.71. The highest BCUT2D eigenvalue weighted by Gasteiger charge is 2.44. The van der Waals surface area contributed by atoms with Gasteiger partial charge in [0.15, 0.2) is 5.82 Å². The number of anilines is 5. The van der Waals surface area contributed by atoms with E-state index in [1.54, 1.807) is 31.8 Å². The van der Waals surface area contributed by atoms with E-state index in [1.165, 1.54) is 11.1 Å². The number of carbonyl (C=O) groups is 4. The molecule has 2 aromatic heterocycles. The minimum absolute atomic E-state index is 0.00402. The van der Waals surface area contributed by atoms with Crippen LogP contribution in [-0.2, 0) is 30.3 Å². The van der Waals surface area contributed by atoms with Crippen LogP contribution in [0.4, 0.5) is 28.8 Å². The van der Waals surface area contributed by atoms with Gasteiger partial charge in [-0.3, -0.25) is 19.2 Å². The number of nitrogens with zero attached hydrogens (tertiary/aromatic N) is 6. The lowest BCUT2D eigenvalue weighted by molar-refractivity contribution is -0.144. The molecule has 2 fully saturated rings. The average molecular weight is 1040 g/mol. The molecule has 7 rings (SSSR count). The Balaban J connectivity index is 0.835. The molecule has 3 unspecified atom stereocenters. The van der Waals surface area contributed by atoms with Crippen LogP contribution in [0, 0.1) is 12.3 Å². The molecule has 5 N–H and O–H groups in total. The van der Waals surface area contributed by atoms with Crippen molar-refractivity contribution in [2.45, 2.75) is 91.0 Å². The zero-order valence-electron chi connectivity index (χ0n) is 42.0. The van der Waals surface area contributed by atoms with Gasteiger partial charge in [-0.05, 0) is 73.9 Å². The Bertz CT molecular complexity index is 2770. The van der Waals surface area contributed by atoms with E-state index in [9.17, 15) is 28.8 Å². The fourth-order valence-electron chi connectivity index (χ4n) is 8.92. The SMILES string of the molecule is COc1cc(N2CCN(C(=O)CCCCCC(=O)NC(C(=O)N3CC(O)CC3C(=O)NCc3ccc(-c4scnc4C)cc3)C(C)(C)C)CC2)ccc1Nc1ncc(Cl)c(Nc2ccccc2P(C)(C)=O)n1. The monoisotopic (exact) mass is 1040 g/mol. The molecule has 72 heavy (non-hydrogen) atoms. The first-order chi connectivity index (χ1) is 34.3. The molecule has 2 aliphatic heterocycles. The number of benzene rings is 3. The number of hydrogen-bond acceptors (Lipinski definition) is 14. The average Bonchev–Trinajstić information content (AvgIpc) is 3.97. The molecule has 4 heterocycles. The molecule has 0 aliphatic carbocycles. The van der Waals surface area contributed by atoms with E-state index in [2.05, 4.69) is 41.1 Å². The quantitative estimate of drug-likeness (QED) is 0.0397. The summed E-state index contributed by atoms with van der Waals surface area (Å²) in [5.74, 6) is 0.238. The van der Waals surface area contributed by atoms with Crippen molar-refractivity contribution in [3.63, 3.8) is 0 Å². The number of halogens is 1. The van der Waals surface area contributed by atoms with Crippen LogP contribution < -0.4 is 36.2 Å². The molecular formula is C52H66ClN10O7PS. The van der Waals surface area contributed by atoms with Crippen LogP contribution in [0.25, 0.3) is 10.4 Å². The number of hydrogen-bond donors (Lipinski definition) is 5. The van der Waals surface area contributed by atoms with Crippen LogP contribution in [0.3, 0.4) is 0 Å². The van der Waals surface area contributed by atoms with Crippen LogP contribution in [0.15, 0.2) is 78.4 Å². The molecule has 3 aromatic carbocycles. The fourth-order valence-corrected chi connectivity index (χ4v) is 11.0. The van der Waals surface area contributed by atoms with E-state index < -0.39 is 36.7 Å². The number of unbranched alkanes of at least 4 members (excludes halogenated alkanes) is 2. The Morgan fingerprint density at radius 2 is 1.65 bits per heavy atom. The van der Waals surface area contributed by atoms with E-state index in [0.717, 1.165) is 27.4 Å². The Morgan fingerprint density at radius 3 is 2.33 bits per heavy atom. The predicted molar refractivity (Wildman–Crippen MR) is 286 cm³/mol. The Hall–Kier alpha value is -6.07. The van der Waals surface area contributed by atoms with Crippen molar-refractivity contribution in [3.05, 3.63) is 94.7 Å². The lowest BCUT2D eigenvalue weighted by Gasteiger charge is -2.36. The van der Waals surface area contributed by atoms with Crippen molar-refractivity contribution >= 4 is 87.8 Å². The van der Waals surface area contributed by atoms with Gasteiger partial charge in [0, 0.05) is 75.6 Å². The van der Waals surface area contributed by atoms with E-state index in [0.29, 0.717) is 85.1 Å². The van der Waals surface area contributed by atoms with Gasteiger partial charge in [-0.15, -0.1) is 11.3 Å². The number of aliphatic hydroxyl groups excluding tert-OH is 1. The molecule has 17 nitrogen and oxygen atoms in total. The molecule has 384 valence electrons. The molecule has 3 atom stereocenters. The van der Waals surface area contributed by atoms with Crippen LogP contribution in [-0.4, -0.2) is 125 Å². The number of para-hydroxylation sites is 1. The molecule has 20 heteroatoms. The van der Waals surface area contributed by atoms with Gasteiger partial charge >= 0.3 is 0 Å². The standard InChI is InChI=1S/C52H66ClN10O7PS/c1-33-46(72-32-56-33)35-19-17-34(18-20-35)29-54-49(67)41-28-37(64)31-63(41)50(68)47(52(2,3)4)59-44(65)15-9-8-10-16-45(66)62-25-23-61(24-26-62)36-21-22-39(42(27-36)70-5)58-51-55-30-38(53)48(60-51)57-40-13-11-12-14-43(40)71(6,7)69/h11-14,17-22,27,30,32,37,41,47,64H,8-10,15-16,23-26,28-29,31H2,1-7H3,(H,54,67)(H,59,65)(H2,55,57,58,60). The maximum Gasteiger partial charge on any atom is 0.246 e. The summed E-state index contributed by atoms with van der Waals surface area (Å²) in [4.78, 5) is 74.0.